The van der Waals surface area contributed by atoms with Crippen LogP contribution < -0.4 is 5.32 Å². The van der Waals surface area contributed by atoms with Gasteiger partial charge >= 0.3 is 0 Å². The number of carbonyl (C=O) groups excluding carboxylic acids is 1. The summed E-state index contributed by atoms with van der Waals surface area (Å²) in [7, 11) is 0. The molecule has 2 heteroatoms. The van der Waals surface area contributed by atoms with Crippen molar-refractivity contribution in [3.8, 4) is 0 Å². The fourth-order valence-corrected chi connectivity index (χ4v) is 1.23. The SMILES string of the molecule is CCC[C@](C)(CC)NCC=O. The molecule has 0 radical (unpaired) electrons. The summed E-state index contributed by atoms with van der Waals surface area (Å²) in [5.41, 5.74) is 0.162. The number of rotatable bonds is 6. The van der Waals surface area contributed by atoms with Crippen LogP contribution in [-0.4, -0.2) is 18.4 Å². The third-order valence-corrected chi connectivity index (χ3v) is 2.19. The average Bonchev–Trinajstić information content (AvgIpc) is 2.02. The van der Waals surface area contributed by atoms with E-state index in [1.165, 1.54) is 0 Å². The Hall–Kier alpha value is -0.370. The molecule has 0 spiro atoms. The van der Waals surface area contributed by atoms with E-state index in [4.69, 9.17) is 0 Å². The largest absolute Gasteiger partial charge is 0.305 e. The standard InChI is InChI=1S/C9H19NO/c1-4-6-9(3,5-2)10-7-8-11/h8,10H,4-7H2,1-3H3/t9-/m0/s1. The summed E-state index contributed by atoms with van der Waals surface area (Å²) in [6.07, 6.45) is 4.30. The van der Waals surface area contributed by atoms with Crippen LogP contribution in [-0.2, 0) is 4.79 Å². The highest BCUT2D eigenvalue weighted by molar-refractivity contribution is 5.52. The molecule has 0 aliphatic carbocycles. The molecule has 0 fully saturated rings. The van der Waals surface area contributed by atoms with Crippen molar-refractivity contribution in [2.24, 2.45) is 0 Å². The van der Waals surface area contributed by atoms with Crippen molar-refractivity contribution >= 4 is 6.29 Å². The summed E-state index contributed by atoms with van der Waals surface area (Å²) in [6, 6.07) is 0. The van der Waals surface area contributed by atoms with Crippen LogP contribution in [0.15, 0.2) is 0 Å². The normalized spacial score (nSPS) is 15.9. The summed E-state index contributed by atoms with van der Waals surface area (Å²) in [6.45, 7) is 6.95. The zero-order chi connectivity index (χ0) is 8.74. The zero-order valence-electron chi connectivity index (χ0n) is 7.81. The molecule has 1 N–H and O–H groups in total. The van der Waals surface area contributed by atoms with Crippen LogP contribution in [0.5, 0.6) is 0 Å². The third kappa shape index (κ3) is 4.14. The summed E-state index contributed by atoms with van der Waals surface area (Å²) in [5, 5.41) is 3.23. The highest BCUT2D eigenvalue weighted by Crippen LogP contribution is 2.15. The number of aldehydes is 1. The Labute approximate surface area is 69.4 Å². The molecule has 0 aromatic rings. The molecular weight excluding hydrogens is 138 g/mol. The molecule has 0 aliphatic rings. The smallest absolute Gasteiger partial charge is 0.133 e. The monoisotopic (exact) mass is 157 g/mol. The lowest BCUT2D eigenvalue weighted by atomic mass is 9.93. The van der Waals surface area contributed by atoms with Crippen molar-refractivity contribution in [3.05, 3.63) is 0 Å². The first kappa shape index (κ1) is 10.6. The topological polar surface area (TPSA) is 29.1 Å². The molecule has 0 amide bonds. The second-order valence-electron chi connectivity index (χ2n) is 3.21. The average molecular weight is 157 g/mol. The molecule has 66 valence electrons. The zero-order valence-corrected chi connectivity index (χ0v) is 7.81. The van der Waals surface area contributed by atoms with Crippen LogP contribution >= 0.6 is 0 Å². The van der Waals surface area contributed by atoms with Crippen molar-refractivity contribution in [3.63, 3.8) is 0 Å². The van der Waals surface area contributed by atoms with E-state index >= 15 is 0 Å². The molecule has 11 heavy (non-hydrogen) atoms. The summed E-state index contributed by atoms with van der Waals surface area (Å²) in [5.74, 6) is 0. The van der Waals surface area contributed by atoms with Crippen molar-refractivity contribution in [1.29, 1.82) is 0 Å². The Balaban J connectivity index is 3.76. The molecule has 0 rings (SSSR count). The van der Waals surface area contributed by atoms with Crippen LogP contribution in [0.25, 0.3) is 0 Å². The van der Waals surface area contributed by atoms with Gasteiger partial charge in [-0.2, -0.15) is 0 Å². The molecule has 0 bridgehead atoms. The second-order valence-corrected chi connectivity index (χ2v) is 3.21. The lowest BCUT2D eigenvalue weighted by molar-refractivity contribution is -0.107. The quantitative estimate of drug-likeness (QED) is 0.595. The lowest BCUT2D eigenvalue weighted by Crippen LogP contribution is -2.42. The van der Waals surface area contributed by atoms with Crippen LogP contribution in [0.1, 0.15) is 40.0 Å². The predicted octanol–water partition coefficient (Wildman–Crippen LogP) is 1.74. The second kappa shape index (κ2) is 5.30. The van der Waals surface area contributed by atoms with Gasteiger partial charge in [-0.25, -0.2) is 0 Å². The molecule has 0 aromatic heterocycles. The maximum Gasteiger partial charge on any atom is 0.133 e. The van der Waals surface area contributed by atoms with Gasteiger partial charge in [0, 0.05) is 5.54 Å². The van der Waals surface area contributed by atoms with Crippen LogP contribution in [0.3, 0.4) is 0 Å². The van der Waals surface area contributed by atoms with Gasteiger partial charge in [-0.15, -0.1) is 0 Å². The van der Waals surface area contributed by atoms with E-state index in [1.807, 2.05) is 0 Å². The van der Waals surface area contributed by atoms with E-state index in [0.717, 1.165) is 25.5 Å². The number of hydrogen-bond acceptors (Lipinski definition) is 2. The maximum atomic E-state index is 10.1. The number of hydrogen-bond donors (Lipinski definition) is 1. The third-order valence-electron chi connectivity index (χ3n) is 2.19. The predicted molar refractivity (Wildman–Crippen MR) is 47.7 cm³/mol. The van der Waals surface area contributed by atoms with Gasteiger partial charge in [-0.05, 0) is 19.8 Å². The first-order chi connectivity index (χ1) is 5.18. The van der Waals surface area contributed by atoms with Crippen LogP contribution in [0, 0.1) is 0 Å². The van der Waals surface area contributed by atoms with E-state index < -0.39 is 0 Å². The first-order valence-corrected chi connectivity index (χ1v) is 4.37. The van der Waals surface area contributed by atoms with Crippen molar-refractivity contribution < 1.29 is 4.79 Å². The Kier molecular flexibility index (Phi) is 5.12. The molecule has 2 nitrogen and oxygen atoms in total. The van der Waals surface area contributed by atoms with E-state index in [9.17, 15) is 4.79 Å². The van der Waals surface area contributed by atoms with Crippen molar-refractivity contribution in [2.45, 2.75) is 45.6 Å². The fourth-order valence-electron chi connectivity index (χ4n) is 1.23. The minimum Gasteiger partial charge on any atom is -0.305 e. The van der Waals surface area contributed by atoms with E-state index in [1.54, 1.807) is 0 Å². The Morgan fingerprint density at radius 2 is 2.09 bits per heavy atom. The minimum absolute atomic E-state index is 0.162. The fraction of sp³-hybridized carbons (Fsp3) is 0.889. The Bertz CT molecular complexity index is 114. The first-order valence-electron chi connectivity index (χ1n) is 4.37. The maximum absolute atomic E-state index is 10.1. The number of nitrogens with one attached hydrogen (secondary N) is 1. The van der Waals surface area contributed by atoms with Gasteiger partial charge in [0.1, 0.15) is 6.29 Å². The molecule has 0 heterocycles. The van der Waals surface area contributed by atoms with Crippen molar-refractivity contribution in [1.82, 2.24) is 5.32 Å². The van der Waals surface area contributed by atoms with E-state index in [2.05, 4.69) is 26.1 Å². The van der Waals surface area contributed by atoms with Gasteiger partial charge in [-0.1, -0.05) is 20.3 Å². The summed E-state index contributed by atoms with van der Waals surface area (Å²) < 4.78 is 0. The molecule has 0 aliphatic heterocycles. The molecule has 0 aromatic carbocycles. The van der Waals surface area contributed by atoms with E-state index in [0.29, 0.717) is 6.54 Å². The lowest BCUT2D eigenvalue weighted by Gasteiger charge is -2.28. The molecule has 0 saturated heterocycles. The van der Waals surface area contributed by atoms with Crippen LogP contribution in [0.4, 0.5) is 0 Å². The van der Waals surface area contributed by atoms with E-state index in [-0.39, 0.29) is 5.54 Å². The highest BCUT2D eigenvalue weighted by atomic mass is 16.1. The molecule has 0 unspecified atom stereocenters. The Morgan fingerprint density at radius 3 is 2.45 bits per heavy atom. The van der Waals surface area contributed by atoms with Gasteiger partial charge in [-0.3, -0.25) is 0 Å². The van der Waals surface area contributed by atoms with Gasteiger partial charge in [0.25, 0.3) is 0 Å². The Morgan fingerprint density at radius 1 is 1.45 bits per heavy atom. The minimum atomic E-state index is 0.162. The van der Waals surface area contributed by atoms with Crippen LogP contribution in [0.2, 0.25) is 0 Å². The summed E-state index contributed by atoms with van der Waals surface area (Å²) >= 11 is 0. The molecule has 0 saturated carbocycles. The highest BCUT2D eigenvalue weighted by Gasteiger charge is 2.18. The number of carbonyl (C=O) groups is 1. The van der Waals surface area contributed by atoms with Crippen molar-refractivity contribution in [2.75, 3.05) is 6.54 Å². The molecular formula is C9H19NO. The summed E-state index contributed by atoms with van der Waals surface area (Å²) in [4.78, 5) is 10.1. The van der Waals surface area contributed by atoms with Gasteiger partial charge in [0.2, 0.25) is 0 Å². The van der Waals surface area contributed by atoms with Gasteiger partial charge < -0.3 is 10.1 Å². The van der Waals surface area contributed by atoms with Gasteiger partial charge in [0.05, 0.1) is 6.54 Å². The van der Waals surface area contributed by atoms with Gasteiger partial charge in [0.15, 0.2) is 0 Å². The molecule has 1 atom stereocenters.